The summed E-state index contributed by atoms with van der Waals surface area (Å²) in [5, 5.41) is 3.66. The summed E-state index contributed by atoms with van der Waals surface area (Å²) in [4.78, 5) is 0. The molecule has 0 aromatic heterocycles. The van der Waals surface area contributed by atoms with Crippen molar-refractivity contribution in [3.8, 4) is 0 Å². The lowest BCUT2D eigenvalue weighted by atomic mass is 9.79. The Bertz CT molecular complexity index is 194. The second kappa shape index (κ2) is 7.41. The van der Waals surface area contributed by atoms with Crippen LogP contribution < -0.4 is 5.32 Å². The molecule has 1 heteroatoms. The van der Waals surface area contributed by atoms with Crippen LogP contribution in [0.15, 0.2) is 0 Å². The van der Waals surface area contributed by atoms with Gasteiger partial charge >= 0.3 is 0 Å². The van der Waals surface area contributed by atoms with E-state index in [1.54, 1.807) is 0 Å². The third kappa shape index (κ3) is 3.98. The zero-order valence-electron chi connectivity index (χ0n) is 11.7. The Morgan fingerprint density at radius 2 is 1.65 bits per heavy atom. The summed E-state index contributed by atoms with van der Waals surface area (Å²) in [6, 6.07) is 0. The van der Waals surface area contributed by atoms with Crippen LogP contribution in [0.5, 0.6) is 0 Å². The van der Waals surface area contributed by atoms with Crippen LogP contribution in [0.2, 0.25) is 0 Å². The van der Waals surface area contributed by atoms with Gasteiger partial charge in [0.05, 0.1) is 0 Å². The van der Waals surface area contributed by atoms with Crippen molar-refractivity contribution in [1.29, 1.82) is 0 Å². The van der Waals surface area contributed by atoms with Crippen molar-refractivity contribution in [2.45, 2.75) is 71.1 Å². The van der Waals surface area contributed by atoms with E-state index in [2.05, 4.69) is 12.2 Å². The Balaban J connectivity index is 1.80. The van der Waals surface area contributed by atoms with Gasteiger partial charge in [-0.05, 0) is 50.1 Å². The SMILES string of the molecule is CCCNCC1CCCC1C1CCCCCC1. The zero-order chi connectivity index (χ0) is 11.9. The maximum Gasteiger partial charge on any atom is -0.00178 e. The highest BCUT2D eigenvalue weighted by atomic mass is 14.9. The lowest BCUT2D eigenvalue weighted by Crippen LogP contribution is -2.29. The van der Waals surface area contributed by atoms with Crippen molar-refractivity contribution in [2.24, 2.45) is 17.8 Å². The van der Waals surface area contributed by atoms with Gasteiger partial charge in [0.25, 0.3) is 0 Å². The molecule has 0 bridgehead atoms. The van der Waals surface area contributed by atoms with E-state index in [1.165, 1.54) is 77.3 Å². The molecule has 2 saturated carbocycles. The molecule has 0 heterocycles. The van der Waals surface area contributed by atoms with E-state index in [0.29, 0.717) is 0 Å². The van der Waals surface area contributed by atoms with Gasteiger partial charge in [0.15, 0.2) is 0 Å². The predicted octanol–water partition coefficient (Wildman–Crippen LogP) is 4.37. The molecule has 0 radical (unpaired) electrons. The van der Waals surface area contributed by atoms with Crippen LogP contribution in [-0.4, -0.2) is 13.1 Å². The zero-order valence-corrected chi connectivity index (χ0v) is 11.7. The van der Waals surface area contributed by atoms with E-state index in [9.17, 15) is 0 Å². The molecular weight excluding hydrogens is 206 g/mol. The molecule has 2 unspecified atom stereocenters. The first kappa shape index (κ1) is 13.4. The van der Waals surface area contributed by atoms with Crippen LogP contribution in [0, 0.1) is 17.8 Å². The average molecular weight is 237 g/mol. The van der Waals surface area contributed by atoms with Crippen molar-refractivity contribution in [1.82, 2.24) is 5.32 Å². The summed E-state index contributed by atoms with van der Waals surface area (Å²) in [5.74, 6) is 3.15. The molecule has 1 nitrogen and oxygen atoms in total. The van der Waals surface area contributed by atoms with Crippen LogP contribution >= 0.6 is 0 Å². The fourth-order valence-corrected chi connectivity index (χ4v) is 4.14. The molecule has 2 fully saturated rings. The Morgan fingerprint density at radius 1 is 0.882 bits per heavy atom. The van der Waals surface area contributed by atoms with Gasteiger partial charge in [0, 0.05) is 0 Å². The lowest BCUT2D eigenvalue weighted by molar-refractivity contribution is 0.231. The van der Waals surface area contributed by atoms with Gasteiger partial charge in [-0.15, -0.1) is 0 Å². The van der Waals surface area contributed by atoms with Crippen molar-refractivity contribution < 1.29 is 0 Å². The van der Waals surface area contributed by atoms with E-state index >= 15 is 0 Å². The predicted molar refractivity (Wildman–Crippen MR) is 75.2 cm³/mol. The molecule has 1 N–H and O–H groups in total. The third-order valence-corrected chi connectivity index (χ3v) is 5.06. The first-order valence-corrected chi connectivity index (χ1v) is 8.12. The van der Waals surface area contributed by atoms with E-state index in [1.807, 2.05) is 0 Å². The highest BCUT2D eigenvalue weighted by molar-refractivity contribution is 4.85. The van der Waals surface area contributed by atoms with Crippen molar-refractivity contribution in [2.75, 3.05) is 13.1 Å². The van der Waals surface area contributed by atoms with Crippen molar-refractivity contribution >= 4 is 0 Å². The third-order valence-electron chi connectivity index (χ3n) is 5.06. The molecule has 0 aromatic rings. The van der Waals surface area contributed by atoms with Crippen LogP contribution in [0.3, 0.4) is 0 Å². The molecular formula is C16H31N. The highest BCUT2D eigenvalue weighted by Gasteiger charge is 2.33. The largest absolute Gasteiger partial charge is 0.316 e. The monoisotopic (exact) mass is 237 g/mol. The molecule has 0 amide bonds. The molecule has 0 saturated heterocycles. The molecule has 0 spiro atoms. The normalized spacial score (nSPS) is 31.6. The van der Waals surface area contributed by atoms with Crippen molar-refractivity contribution in [3.05, 3.63) is 0 Å². The van der Waals surface area contributed by atoms with Crippen LogP contribution in [0.25, 0.3) is 0 Å². The quantitative estimate of drug-likeness (QED) is 0.553. The lowest BCUT2D eigenvalue weighted by Gasteiger charge is -2.28. The van der Waals surface area contributed by atoms with E-state index in [4.69, 9.17) is 0 Å². The number of nitrogens with one attached hydrogen (secondary N) is 1. The van der Waals surface area contributed by atoms with Gasteiger partial charge in [-0.1, -0.05) is 51.9 Å². The molecule has 2 aliphatic rings. The minimum absolute atomic E-state index is 1.00. The maximum absolute atomic E-state index is 3.66. The number of hydrogen-bond donors (Lipinski definition) is 1. The second-order valence-corrected chi connectivity index (χ2v) is 6.31. The minimum atomic E-state index is 1.00. The van der Waals surface area contributed by atoms with Crippen LogP contribution in [0.4, 0.5) is 0 Å². The van der Waals surface area contributed by atoms with Gasteiger partial charge in [0.2, 0.25) is 0 Å². The summed E-state index contributed by atoms with van der Waals surface area (Å²) in [6.45, 7) is 4.79. The molecule has 2 rings (SSSR count). The van der Waals surface area contributed by atoms with Crippen LogP contribution in [0.1, 0.15) is 71.1 Å². The van der Waals surface area contributed by atoms with E-state index < -0.39 is 0 Å². The number of rotatable bonds is 5. The van der Waals surface area contributed by atoms with Gasteiger partial charge in [-0.2, -0.15) is 0 Å². The summed E-state index contributed by atoms with van der Waals surface area (Å²) in [5.41, 5.74) is 0. The Hall–Kier alpha value is -0.0400. The Morgan fingerprint density at radius 3 is 2.35 bits per heavy atom. The Labute approximate surface area is 108 Å². The van der Waals surface area contributed by atoms with Gasteiger partial charge in [-0.3, -0.25) is 0 Å². The smallest absolute Gasteiger partial charge is 0.00178 e. The number of hydrogen-bond acceptors (Lipinski definition) is 1. The van der Waals surface area contributed by atoms with E-state index in [0.717, 1.165) is 17.8 Å². The second-order valence-electron chi connectivity index (χ2n) is 6.31. The fourth-order valence-electron chi connectivity index (χ4n) is 4.14. The van der Waals surface area contributed by atoms with Crippen LogP contribution in [-0.2, 0) is 0 Å². The van der Waals surface area contributed by atoms with E-state index in [-0.39, 0.29) is 0 Å². The molecule has 2 aliphatic carbocycles. The molecule has 0 aromatic carbocycles. The molecule has 100 valence electrons. The highest BCUT2D eigenvalue weighted by Crippen LogP contribution is 2.42. The average Bonchev–Trinajstić information content (AvgIpc) is 2.63. The standard InChI is InChI=1S/C16H31N/c1-2-12-17-13-15-10-7-11-16(15)14-8-5-3-4-6-9-14/h14-17H,2-13H2,1H3. The summed E-state index contributed by atoms with van der Waals surface area (Å²) in [7, 11) is 0. The van der Waals surface area contributed by atoms with Crippen molar-refractivity contribution in [3.63, 3.8) is 0 Å². The Kier molecular flexibility index (Phi) is 5.84. The first-order valence-electron chi connectivity index (χ1n) is 8.12. The summed E-state index contributed by atoms with van der Waals surface area (Å²) in [6.07, 6.45) is 14.9. The molecule has 2 atom stereocenters. The molecule has 17 heavy (non-hydrogen) atoms. The van der Waals surface area contributed by atoms with Gasteiger partial charge in [-0.25, -0.2) is 0 Å². The fraction of sp³-hybridized carbons (Fsp3) is 1.00. The molecule has 0 aliphatic heterocycles. The summed E-state index contributed by atoms with van der Waals surface area (Å²) < 4.78 is 0. The van der Waals surface area contributed by atoms with Gasteiger partial charge in [0.1, 0.15) is 0 Å². The summed E-state index contributed by atoms with van der Waals surface area (Å²) >= 11 is 0. The maximum atomic E-state index is 3.66. The topological polar surface area (TPSA) is 12.0 Å². The minimum Gasteiger partial charge on any atom is -0.316 e. The van der Waals surface area contributed by atoms with Gasteiger partial charge < -0.3 is 5.32 Å². The first-order chi connectivity index (χ1) is 8.42.